The molecule has 1 aliphatic heterocycles. The fraction of sp³-hybridized carbons (Fsp3) is 0.647. The topological polar surface area (TPSA) is 44.5 Å². The van der Waals surface area contributed by atoms with E-state index in [9.17, 15) is 0 Å². The highest BCUT2D eigenvalue weighted by molar-refractivity contribution is 5.31. The molecule has 20 heavy (non-hydrogen) atoms. The number of nitrogens with two attached hydrogens (primary N) is 1. The lowest BCUT2D eigenvalue weighted by atomic mass is 9.81. The zero-order chi connectivity index (χ0) is 14.9. The van der Waals surface area contributed by atoms with Gasteiger partial charge in [0.15, 0.2) is 0 Å². The number of hydrogen-bond acceptors (Lipinski definition) is 3. The Labute approximate surface area is 122 Å². The maximum atomic E-state index is 6.51. The van der Waals surface area contributed by atoms with E-state index in [1.807, 2.05) is 26.0 Å². The fourth-order valence-electron chi connectivity index (χ4n) is 3.20. The van der Waals surface area contributed by atoms with Gasteiger partial charge in [-0.2, -0.15) is 0 Å². The van der Waals surface area contributed by atoms with Gasteiger partial charge in [0.1, 0.15) is 5.75 Å². The molecule has 2 rings (SSSR count). The van der Waals surface area contributed by atoms with Crippen molar-refractivity contribution in [1.29, 1.82) is 0 Å². The van der Waals surface area contributed by atoms with E-state index >= 15 is 0 Å². The molecule has 5 unspecified atom stereocenters. The summed E-state index contributed by atoms with van der Waals surface area (Å²) in [5, 5.41) is 0. The summed E-state index contributed by atoms with van der Waals surface area (Å²) >= 11 is 0. The van der Waals surface area contributed by atoms with Gasteiger partial charge in [0.05, 0.1) is 18.3 Å². The fourth-order valence-corrected chi connectivity index (χ4v) is 3.20. The molecule has 1 aromatic carbocycles. The van der Waals surface area contributed by atoms with E-state index in [1.54, 1.807) is 0 Å². The largest absolute Gasteiger partial charge is 0.491 e. The van der Waals surface area contributed by atoms with Gasteiger partial charge in [-0.05, 0) is 51.3 Å². The van der Waals surface area contributed by atoms with Gasteiger partial charge >= 0.3 is 0 Å². The normalized spacial score (nSPS) is 31.6. The number of hydrogen-bond donors (Lipinski definition) is 1. The monoisotopic (exact) mass is 277 g/mol. The van der Waals surface area contributed by atoms with Gasteiger partial charge in [-0.15, -0.1) is 0 Å². The van der Waals surface area contributed by atoms with Crippen LogP contribution in [-0.4, -0.2) is 18.3 Å². The molecule has 0 aliphatic carbocycles. The zero-order valence-electron chi connectivity index (χ0n) is 13.2. The molecule has 0 radical (unpaired) electrons. The molecule has 5 atom stereocenters. The lowest BCUT2D eigenvalue weighted by molar-refractivity contribution is 0.0489. The molecule has 3 nitrogen and oxygen atoms in total. The second-order valence-corrected chi connectivity index (χ2v) is 6.25. The van der Waals surface area contributed by atoms with Crippen molar-refractivity contribution in [1.82, 2.24) is 0 Å². The molecule has 1 heterocycles. The molecule has 1 fully saturated rings. The first kappa shape index (κ1) is 15.3. The maximum Gasteiger partial charge on any atom is 0.120 e. The predicted molar refractivity (Wildman–Crippen MR) is 81.8 cm³/mol. The Balaban J connectivity index is 2.18. The molecule has 0 bridgehead atoms. The van der Waals surface area contributed by atoms with Crippen molar-refractivity contribution >= 4 is 0 Å². The first-order chi connectivity index (χ1) is 9.40. The molecule has 2 N–H and O–H groups in total. The third-order valence-electron chi connectivity index (χ3n) is 4.35. The van der Waals surface area contributed by atoms with Crippen LogP contribution in [0.5, 0.6) is 5.75 Å². The van der Waals surface area contributed by atoms with Crippen molar-refractivity contribution < 1.29 is 9.47 Å². The van der Waals surface area contributed by atoms with Gasteiger partial charge in [0.2, 0.25) is 0 Å². The summed E-state index contributed by atoms with van der Waals surface area (Å²) in [6.45, 7) is 10.5. The van der Waals surface area contributed by atoms with Crippen LogP contribution in [0.3, 0.4) is 0 Å². The Hall–Kier alpha value is -1.06. The Morgan fingerprint density at radius 2 is 1.85 bits per heavy atom. The van der Waals surface area contributed by atoms with Crippen LogP contribution in [0.25, 0.3) is 0 Å². The number of benzene rings is 1. The van der Waals surface area contributed by atoms with Gasteiger partial charge in [0.25, 0.3) is 0 Å². The minimum absolute atomic E-state index is 0.0133. The lowest BCUT2D eigenvalue weighted by Gasteiger charge is -2.26. The average molecular weight is 277 g/mol. The van der Waals surface area contributed by atoms with Crippen molar-refractivity contribution in [3.8, 4) is 5.75 Å². The van der Waals surface area contributed by atoms with Crippen molar-refractivity contribution in [2.45, 2.75) is 59.0 Å². The summed E-state index contributed by atoms with van der Waals surface area (Å²) in [6.07, 6.45) is 0.648. The van der Waals surface area contributed by atoms with Crippen LogP contribution < -0.4 is 10.5 Å². The smallest absolute Gasteiger partial charge is 0.120 e. The van der Waals surface area contributed by atoms with Crippen LogP contribution in [0, 0.1) is 11.8 Å². The summed E-state index contributed by atoms with van der Waals surface area (Å²) in [5.74, 6) is 1.70. The molecule has 3 heteroatoms. The van der Waals surface area contributed by atoms with Crippen LogP contribution in [0.1, 0.15) is 46.2 Å². The maximum absolute atomic E-state index is 6.51. The Kier molecular flexibility index (Phi) is 4.71. The Morgan fingerprint density at radius 1 is 1.15 bits per heavy atom. The molecular formula is C17H27NO2. The molecule has 1 aliphatic rings. The highest BCUT2D eigenvalue weighted by atomic mass is 16.5. The molecule has 0 aromatic heterocycles. The molecule has 112 valence electrons. The first-order valence-corrected chi connectivity index (χ1v) is 7.57. The van der Waals surface area contributed by atoms with Gasteiger partial charge in [-0.25, -0.2) is 0 Å². The Bertz CT molecular complexity index is 446. The second kappa shape index (κ2) is 6.15. The summed E-state index contributed by atoms with van der Waals surface area (Å²) in [7, 11) is 0. The van der Waals surface area contributed by atoms with Crippen molar-refractivity contribution in [2.24, 2.45) is 17.6 Å². The van der Waals surface area contributed by atoms with E-state index in [1.165, 1.54) is 0 Å². The summed E-state index contributed by atoms with van der Waals surface area (Å²) in [5.41, 5.74) is 7.64. The lowest BCUT2D eigenvalue weighted by Crippen LogP contribution is -2.30. The van der Waals surface area contributed by atoms with Gasteiger partial charge < -0.3 is 15.2 Å². The molecular weight excluding hydrogens is 250 g/mol. The number of ether oxygens (including phenoxy) is 2. The van der Waals surface area contributed by atoms with Crippen LogP contribution in [0.2, 0.25) is 0 Å². The van der Waals surface area contributed by atoms with Crippen molar-refractivity contribution in [2.75, 3.05) is 0 Å². The molecule has 0 saturated carbocycles. The van der Waals surface area contributed by atoms with Gasteiger partial charge in [0, 0.05) is 12.0 Å². The van der Waals surface area contributed by atoms with E-state index in [-0.39, 0.29) is 24.4 Å². The SMILES string of the molecule is CC(C)Oc1cccc(C(N)C2C(C)OC(C)C2C)c1. The van der Waals surface area contributed by atoms with E-state index in [0.29, 0.717) is 11.8 Å². The molecule has 0 spiro atoms. The van der Waals surface area contributed by atoms with E-state index in [2.05, 4.69) is 32.9 Å². The van der Waals surface area contributed by atoms with Crippen molar-refractivity contribution in [3.63, 3.8) is 0 Å². The summed E-state index contributed by atoms with van der Waals surface area (Å²) < 4.78 is 11.7. The zero-order valence-corrected chi connectivity index (χ0v) is 13.2. The van der Waals surface area contributed by atoms with Crippen LogP contribution in [-0.2, 0) is 4.74 Å². The number of rotatable bonds is 4. The summed E-state index contributed by atoms with van der Waals surface area (Å²) in [6, 6.07) is 8.13. The second-order valence-electron chi connectivity index (χ2n) is 6.25. The predicted octanol–water partition coefficient (Wildman–Crippen LogP) is 3.53. The van der Waals surface area contributed by atoms with E-state index in [4.69, 9.17) is 15.2 Å². The van der Waals surface area contributed by atoms with Gasteiger partial charge in [-0.3, -0.25) is 0 Å². The third-order valence-corrected chi connectivity index (χ3v) is 4.35. The quantitative estimate of drug-likeness (QED) is 0.915. The first-order valence-electron chi connectivity index (χ1n) is 7.57. The van der Waals surface area contributed by atoms with Crippen molar-refractivity contribution in [3.05, 3.63) is 29.8 Å². The van der Waals surface area contributed by atoms with Gasteiger partial charge in [-0.1, -0.05) is 19.1 Å². The molecule has 1 aromatic rings. The molecule has 0 amide bonds. The Morgan fingerprint density at radius 3 is 2.40 bits per heavy atom. The standard InChI is InChI=1S/C17H27NO2/c1-10(2)19-15-8-6-7-14(9-15)17(18)16-11(3)12(4)20-13(16)5/h6-13,16-17H,18H2,1-5H3. The molecule has 1 saturated heterocycles. The van der Waals surface area contributed by atoms with Crippen LogP contribution >= 0.6 is 0 Å². The average Bonchev–Trinajstić information content (AvgIpc) is 2.62. The minimum atomic E-state index is -0.0133. The summed E-state index contributed by atoms with van der Waals surface area (Å²) in [4.78, 5) is 0. The third kappa shape index (κ3) is 3.15. The van der Waals surface area contributed by atoms with Crippen LogP contribution in [0.4, 0.5) is 0 Å². The highest BCUT2D eigenvalue weighted by Crippen LogP contribution is 2.39. The minimum Gasteiger partial charge on any atom is -0.491 e. The van der Waals surface area contributed by atoms with Crippen LogP contribution in [0.15, 0.2) is 24.3 Å². The highest BCUT2D eigenvalue weighted by Gasteiger charge is 2.40. The van der Waals surface area contributed by atoms with E-state index < -0.39 is 0 Å². The van der Waals surface area contributed by atoms with E-state index in [0.717, 1.165) is 11.3 Å².